The number of nitrogens with zero attached hydrogens (tertiary/aromatic N) is 4. The molecule has 0 bridgehead atoms. The lowest BCUT2D eigenvalue weighted by molar-refractivity contribution is 0.0671. The molecule has 3 aromatic rings. The molecule has 0 N–H and O–H groups in total. The highest BCUT2D eigenvalue weighted by Gasteiger charge is 2.28. The number of furan rings is 1. The number of piperidine rings is 1. The first-order valence-corrected chi connectivity index (χ1v) is 8.43. The van der Waals surface area contributed by atoms with Crippen LogP contribution in [-0.4, -0.2) is 45.6 Å². The Kier molecular flexibility index (Phi) is 4.23. The molecular weight excluding hydrogens is 320 g/mol. The maximum atomic E-state index is 12.6. The molecule has 0 aromatic carbocycles. The highest BCUT2D eigenvalue weighted by molar-refractivity contribution is 5.91. The molecule has 1 amide bonds. The van der Waals surface area contributed by atoms with Gasteiger partial charge < -0.3 is 14.1 Å². The van der Waals surface area contributed by atoms with E-state index in [4.69, 9.17) is 9.15 Å². The summed E-state index contributed by atoms with van der Waals surface area (Å²) >= 11 is 0. The van der Waals surface area contributed by atoms with Gasteiger partial charge in [-0.3, -0.25) is 9.20 Å². The van der Waals surface area contributed by atoms with E-state index in [0.717, 1.165) is 24.3 Å². The lowest BCUT2D eigenvalue weighted by Gasteiger charge is -2.30. The van der Waals surface area contributed by atoms with Crippen molar-refractivity contribution in [3.8, 4) is 0 Å². The Morgan fingerprint density at radius 1 is 1.24 bits per heavy atom. The minimum Gasteiger partial charge on any atom is -0.453 e. The summed E-state index contributed by atoms with van der Waals surface area (Å²) in [6.07, 6.45) is 3.72. The highest BCUT2D eigenvalue weighted by atomic mass is 16.5. The van der Waals surface area contributed by atoms with Crippen molar-refractivity contribution in [1.29, 1.82) is 0 Å². The van der Waals surface area contributed by atoms with Crippen LogP contribution in [0, 0.1) is 0 Å². The van der Waals surface area contributed by atoms with Crippen molar-refractivity contribution in [2.45, 2.75) is 25.4 Å². The molecule has 0 radical (unpaired) electrons. The first-order valence-electron chi connectivity index (χ1n) is 8.43. The summed E-state index contributed by atoms with van der Waals surface area (Å²) in [5.41, 5.74) is 0.859. The second-order valence-electron chi connectivity index (χ2n) is 6.25. The van der Waals surface area contributed by atoms with Crippen molar-refractivity contribution in [2.75, 3.05) is 20.2 Å². The fraction of sp³-hybridized carbons (Fsp3) is 0.389. The molecule has 4 rings (SSSR count). The van der Waals surface area contributed by atoms with Crippen LogP contribution in [0.3, 0.4) is 0 Å². The van der Waals surface area contributed by atoms with Crippen LogP contribution in [0.15, 0.2) is 40.9 Å². The summed E-state index contributed by atoms with van der Waals surface area (Å²) in [5, 5.41) is 8.57. The van der Waals surface area contributed by atoms with Crippen LogP contribution in [0.4, 0.5) is 0 Å². The van der Waals surface area contributed by atoms with Crippen molar-refractivity contribution in [3.63, 3.8) is 0 Å². The fourth-order valence-electron chi connectivity index (χ4n) is 3.35. The predicted octanol–water partition coefficient (Wildman–Crippen LogP) is 2.49. The van der Waals surface area contributed by atoms with E-state index in [1.807, 2.05) is 33.7 Å². The van der Waals surface area contributed by atoms with Gasteiger partial charge >= 0.3 is 0 Å². The Morgan fingerprint density at radius 3 is 2.88 bits per heavy atom. The van der Waals surface area contributed by atoms with E-state index >= 15 is 0 Å². The monoisotopic (exact) mass is 340 g/mol. The maximum Gasteiger partial charge on any atom is 0.289 e. The number of pyridine rings is 1. The van der Waals surface area contributed by atoms with Gasteiger partial charge in [0.05, 0.1) is 0 Å². The predicted molar refractivity (Wildman–Crippen MR) is 90.3 cm³/mol. The number of methoxy groups -OCH3 is 1. The molecular formula is C18H20N4O3. The van der Waals surface area contributed by atoms with E-state index in [-0.39, 0.29) is 5.91 Å². The molecule has 1 saturated heterocycles. The zero-order valence-electron chi connectivity index (χ0n) is 14.1. The molecule has 1 aliphatic rings. The number of ether oxygens (including phenoxy) is 1. The molecule has 7 heteroatoms. The number of hydrogen-bond donors (Lipinski definition) is 0. The van der Waals surface area contributed by atoms with Gasteiger partial charge in [0, 0.05) is 32.3 Å². The minimum atomic E-state index is -0.0631. The summed E-state index contributed by atoms with van der Waals surface area (Å²) < 4.78 is 12.6. The Balaban J connectivity index is 1.43. The SMILES string of the molecule is COCc1ccc(C(=O)N2CCC(c3nnc4ccccn34)CC2)o1. The van der Waals surface area contributed by atoms with Crippen molar-refractivity contribution in [1.82, 2.24) is 19.5 Å². The van der Waals surface area contributed by atoms with E-state index in [1.54, 1.807) is 19.2 Å². The molecule has 1 aliphatic heterocycles. The Hall–Kier alpha value is -2.67. The zero-order chi connectivity index (χ0) is 17.2. The number of carbonyl (C=O) groups is 1. The summed E-state index contributed by atoms with van der Waals surface area (Å²) in [6.45, 7) is 1.74. The van der Waals surface area contributed by atoms with Crippen LogP contribution in [0.25, 0.3) is 5.65 Å². The van der Waals surface area contributed by atoms with Crippen LogP contribution < -0.4 is 0 Å². The minimum absolute atomic E-state index is 0.0631. The summed E-state index contributed by atoms with van der Waals surface area (Å²) in [7, 11) is 1.60. The highest BCUT2D eigenvalue weighted by Crippen LogP contribution is 2.28. The van der Waals surface area contributed by atoms with E-state index in [1.165, 1.54) is 0 Å². The third-order valence-electron chi connectivity index (χ3n) is 4.65. The Morgan fingerprint density at radius 2 is 2.08 bits per heavy atom. The van der Waals surface area contributed by atoms with Crippen LogP contribution in [0.2, 0.25) is 0 Å². The molecule has 3 aromatic heterocycles. The number of hydrogen-bond acceptors (Lipinski definition) is 5. The van der Waals surface area contributed by atoms with Crippen molar-refractivity contribution < 1.29 is 13.9 Å². The topological polar surface area (TPSA) is 72.9 Å². The van der Waals surface area contributed by atoms with Crippen molar-refractivity contribution in [3.05, 3.63) is 53.9 Å². The van der Waals surface area contributed by atoms with Crippen LogP contribution in [0.1, 0.15) is 40.9 Å². The van der Waals surface area contributed by atoms with E-state index < -0.39 is 0 Å². The third kappa shape index (κ3) is 3.02. The zero-order valence-corrected chi connectivity index (χ0v) is 14.1. The Labute approximate surface area is 145 Å². The summed E-state index contributed by atoms with van der Waals surface area (Å²) in [5.74, 6) is 2.26. The number of amides is 1. The first kappa shape index (κ1) is 15.8. The fourth-order valence-corrected chi connectivity index (χ4v) is 3.35. The van der Waals surface area contributed by atoms with Gasteiger partial charge in [-0.05, 0) is 37.1 Å². The van der Waals surface area contributed by atoms with E-state index in [9.17, 15) is 4.79 Å². The molecule has 4 heterocycles. The molecule has 0 unspecified atom stereocenters. The average molecular weight is 340 g/mol. The molecule has 7 nitrogen and oxygen atoms in total. The molecule has 0 spiro atoms. The number of carbonyl (C=O) groups excluding carboxylic acids is 1. The van der Waals surface area contributed by atoms with Crippen LogP contribution in [0.5, 0.6) is 0 Å². The van der Waals surface area contributed by atoms with Gasteiger partial charge in [0.2, 0.25) is 0 Å². The number of aromatic nitrogens is 3. The summed E-state index contributed by atoms with van der Waals surface area (Å²) in [6, 6.07) is 9.38. The second-order valence-corrected chi connectivity index (χ2v) is 6.25. The molecule has 0 saturated carbocycles. The van der Waals surface area contributed by atoms with E-state index in [0.29, 0.717) is 37.1 Å². The van der Waals surface area contributed by atoms with Crippen LogP contribution in [-0.2, 0) is 11.3 Å². The van der Waals surface area contributed by atoms with Gasteiger partial charge in [-0.25, -0.2) is 0 Å². The average Bonchev–Trinajstić information content (AvgIpc) is 3.29. The number of likely N-dealkylation sites (tertiary alicyclic amines) is 1. The van der Waals surface area contributed by atoms with Gasteiger partial charge in [-0.2, -0.15) is 0 Å². The number of rotatable bonds is 4. The normalized spacial score (nSPS) is 15.8. The van der Waals surface area contributed by atoms with E-state index in [2.05, 4.69) is 10.2 Å². The van der Waals surface area contributed by atoms with Gasteiger partial charge in [0.15, 0.2) is 11.4 Å². The molecule has 130 valence electrons. The standard InChI is InChI=1S/C18H20N4O3/c1-24-12-14-5-6-15(25-14)18(23)21-10-7-13(8-11-21)17-20-19-16-4-2-3-9-22(16)17/h2-6,9,13H,7-8,10-12H2,1H3. The largest absolute Gasteiger partial charge is 0.453 e. The summed E-state index contributed by atoms with van der Waals surface area (Å²) in [4.78, 5) is 14.4. The molecule has 1 fully saturated rings. The lowest BCUT2D eigenvalue weighted by Crippen LogP contribution is -2.38. The number of fused-ring (bicyclic) bond motifs is 1. The third-order valence-corrected chi connectivity index (χ3v) is 4.65. The second kappa shape index (κ2) is 6.68. The molecule has 0 aliphatic carbocycles. The van der Waals surface area contributed by atoms with Crippen LogP contribution >= 0.6 is 0 Å². The quantitative estimate of drug-likeness (QED) is 0.729. The van der Waals surface area contributed by atoms with Crippen molar-refractivity contribution in [2.24, 2.45) is 0 Å². The van der Waals surface area contributed by atoms with Gasteiger partial charge in [-0.15, -0.1) is 10.2 Å². The lowest BCUT2D eigenvalue weighted by atomic mass is 9.96. The molecule has 0 atom stereocenters. The van der Waals surface area contributed by atoms with Gasteiger partial charge in [-0.1, -0.05) is 6.07 Å². The Bertz CT molecular complexity index is 877. The maximum absolute atomic E-state index is 12.6. The molecule has 25 heavy (non-hydrogen) atoms. The van der Waals surface area contributed by atoms with Gasteiger partial charge in [0.1, 0.15) is 18.2 Å². The van der Waals surface area contributed by atoms with Gasteiger partial charge in [0.25, 0.3) is 5.91 Å². The smallest absolute Gasteiger partial charge is 0.289 e. The first-order chi connectivity index (χ1) is 12.3. The van der Waals surface area contributed by atoms with Crippen molar-refractivity contribution >= 4 is 11.6 Å².